The van der Waals surface area contributed by atoms with Crippen LogP contribution in [-0.2, 0) is 4.79 Å². The van der Waals surface area contributed by atoms with Gasteiger partial charge in [0.05, 0.1) is 6.04 Å². The number of anilines is 1. The van der Waals surface area contributed by atoms with Crippen molar-refractivity contribution in [1.82, 2.24) is 4.90 Å². The number of alkyl halides is 3. The van der Waals surface area contributed by atoms with Crippen LogP contribution in [0.3, 0.4) is 0 Å². The first-order valence-electron chi connectivity index (χ1n) is 6.83. The van der Waals surface area contributed by atoms with E-state index in [0.717, 1.165) is 24.6 Å². The minimum atomic E-state index is -4.72. The first-order valence-corrected chi connectivity index (χ1v) is 7.99. The Labute approximate surface area is 131 Å². The van der Waals surface area contributed by atoms with E-state index in [9.17, 15) is 18.0 Å². The largest absolute Gasteiger partial charge is 0.573 e. The number of benzene rings is 1. The van der Waals surface area contributed by atoms with E-state index in [-0.39, 0.29) is 17.7 Å². The molecule has 8 heteroatoms. The van der Waals surface area contributed by atoms with Crippen molar-refractivity contribution < 1.29 is 22.7 Å². The fourth-order valence-electron chi connectivity index (χ4n) is 2.12. The molecule has 0 aliphatic carbocycles. The molecule has 1 saturated heterocycles. The monoisotopic (exact) mass is 334 g/mol. The van der Waals surface area contributed by atoms with Crippen LogP contribution in [0.25, 0.3) is 0 Å². The predicted octanol–water partition coefficient (Wildman–Crippen LogP) is 2.96. The Morgan fingerprint density at radius 2 is 1.86 bits per heavy atom. The Balaban J connectivity index is 1.91. The van der Waals surface area contributed by atoms with E-state index < -0.39 is 6.36 Å². The van der Waals surface area contributed by atoms with Gasteiger partial charge in [-0.1, -0.05) is 0 Å². The van der Waals surface area contributed by atoms with Crippen LogP contribution in [0.1, 0.15) is 6.92 Å². The van der Waals surface area contributed by atoms with Crippen molar-refractivity contribution in [3.63, 3.8) is 0 Å². The Kier molecular flexibility index (Phi) is 5.57. The van der Waals surface area contributed by atoms with Gasteiger partial charge in [-0.2, -0.15) is 11.8 Å². The lowest BCUT2D eigenvalue weighted by atomic mass is 10.2. The molecule has 1 amide bonds. The zero-order valence-corrected chi connectivity index (χ0v) is 12.8. The lowest BCUT2D eigenvalue weighted by Crippen LogP contribution is -2.46. The third kappa shape index (κ3) is 5.10. The van der Waals surface area contributed by atoms with Gasteiger partial charge in [0.15, 0.2) is 0 Å². The fourth-order valence-corrected chi connectivity index (χ4v) is 3.05. The number of nitrogens with zero attached hydrogens (tertiary/aromatic N) is 1. The topological polar surface area (TPSA) is 41.6 Å². The van der Waals surface area contributed by atoms with Gasteiger partial charge in [-0.3, -0.25) is 9.69 Å². The molecule has 0 saturated carbocycles. The molecule has 122 valence electrons. The van der Waals surface area contributed by atoms with Crippen LogP contribution in [0.15, 0.2) is 24.3 Å². The number of carbonyl (C=O) groups excluding carboxylic acids is 1. The minimum Gasteiger partial charge on any atom is -0.406 e. The number of hydrogen-bond acceptors (Lipinski definition) is 4. The van der Waals surface area contributed by atoms with Crippen molar-refractivity contribution >= 4 is 23.4 Å². The van der Waals surface area contributed by atoms with Gasteiger partial charge >= 0.3 is 6.36 Å². The molecule has 22 heavy (non-hydrogen) atoms. The molecule has 0 unspecified atom stereocenters. The summed E-state index contributed by atoms with van der Waals surface area (Å²) in [6, 6.07) is 4.85. The molecule has 1 heterocycles. The maximum absolute atomic E-state index is 12.2. The summed E-state index contributed by atoms with van der Waals surface area (Å²) in [4.78, 5) is 14.2. The van der Waals surface area contributed by atoms with Crippen molar-refractivity contribution in [3.8, 4) is 5.75 Å². The zero-order valence-electron chi connectivity index (χ0n) is 12.0. The molecular formula is C14H17F3N2O2S. The molecule has 4 nitrogen and oxygen atoms in total. The fraction of sp³-hybridized carbons (Fsp3) is 0.500. The third-order valence-electron chi connectivity index (χ3n) is 3.33. The smallest absolute Gasteiger partial charge is 0.406 e. The number of halogens is 3. The highest BCUT2D eigenvalue weighted by Crippen LogP contribution is 2.24. The summed E-state index contributed by atoms with van der Waals surface area (Å²) in [6.45, 7) is 3.54. The molecular weight excluding hydrogens is 317 g/mol. The summed E-state index contributed by atoms with van der Waals surface area (Å²) in [7, 11) is 0. The van der Waals surface area contributed by atoms with Gasteiger partial charge in [-0.25, -0.2) is 0 Å². The second kappa shape index (κ2) is 7.23. The number of ether oxygens (including phenoxy) is 1. The van der Waals surface area contributed by atoms with Gasteiger partial charge in [-0.15, -0.1) is 13.2 Å². The number of rotatable bonds is 4. The number of amides is 1. The Bertz CT molecular complexity index is 502. The highest BCUT2D eigenvalue weighted by atomic mass is 32.2. The molecule has 1 aliphatic heterocycles. The summed E-state index contributed by atoms with van der Waals surface area (Å²) >= 11 is 1.86. The quantitative estimate of drug-likeness (QED) is 0.919. The van der Waals surface area contributed by atoms with Crippen LogP contribution in [0.2, 0.25) is 0 Å². The van der Waals surface area contributed by atoms with Gasteiger partial charge in [0.2, 0.25) is 5.91 Å². The summed E-state index contributed by atoms with van der Waals surface area (Å²) in [6.07, 6.45) is -4.72. The molecule has 1 fully saturated rings. The van der Waals surface area contributed by atoms with Crippen LogP contribution in [0.5, 0.6) is 5.75 Å². The van der Waals surface area contributed by atoms with E-state index in [1.165, 1.54) is 24.3 Å². The molecule has 1 aromatic rings. The van der Waals surface area contributed by atoms with Crippen LogP contribution in [-0.4, -0.2) is 47.8 Å². The number of carbonyl (C=O) groups is 1. The molecule has 1 N–H and O–H groups in total. The molecule has 2 rings (SSSR count). The molecule has 1 aromatic carbocycles. The van der Waals surface area contributed by atoms with E-state index in [0.29, 0.717) is 5.69 Å². The SMILES string of the molecule is C[C@@H](C(=O)Nc1ccc(OC(F)(F)F)cc1)N1CCSCC1. The van der Waals surface area contributed by atoms with Gasteiger partial charge in [0.1, 0.15) is 5.75 Å². The number of hydrogen-bond donors (Lipinski definition) is 1. The third-order valence-corrected chi connectivity index (χ3v) is 4.27. The summed E-state index contributed by atoms with van der Waals surface area (Å²) in [5.74, 6) is 1.52. The Morgan fingerprint density at radius 1 is 1.27 bits per heavy atom. The minimum absolute atomic E-state index is 0.170. The summed E-state index contributed by atoms with van der Waals surface area (Å²) in [5, 5.41) is 2.70. The average molecular weight is 334 g/mol. The summed E-state index contributed by atoms with van der Waals surface area (Å²) < 4.78 is 40.0. The number of nitrogens with one attached hydrogen (secondary N) is 1. The van der Waals surface area contributed by atoms with Crippen molar-refractivity contribution in [2.45, 2.75) is 19.3 Å². The normalized spacial score (nSPS) is 17.8. The average Bonchev–Trinajstić information content (AvgIpc) is 2.48. The molecule has 1 atom stereocenters. The zero-order chi connectivity index (χ0) is 16.2. The van der Waals surface area contributed by atoms with Crippen molar-refractivity contribution in [2.24, 2.45) is 0 Å². The van der Waals surface area contributed by atoms with E-state index in [2.05, 4.69) is 15.0 Å². The van der Waals surface area contributed by atoms with E-state index in [1.807, 2.05) is 18.7 Å². The lowest BCUT2D eigenvalue weighted by Gasteiger charge is -2.31. The van der Waals surface area contributed by atoms with Gasteiger partial charge in [-0.05, 0) is 31.2 Å². The van der Waals surface area contributed by atoms with Crippen LogP contribution >= 0.6 is 11.8 Å². The standard InChI is InChI=1S/C14H17F3N2O2S/c1-10(19-6-8-22-9-7-19)13(20)18-11-2-4-12(5-3-11)21-14(15,16)17/h2-5,10H,6-9H2,1H3,(H,18,20)/t10-/m0/s1. The van der Waals surface area contributed by atoms with Gasteiger partial charge in [0, 0.05) is 30.3 Å². The van der Waals surface area contributed by atoms with Crippen LogP contribution in [0, 0.1) is 0 Å². The van der Waals surface area contributed by atoms with E-state index >= 15 is 0 Å². The van der Waals surface area contributed by atoms with Gasteiger partial charge < -0.3 is 10.1 Å². The molecule has 0 radical (unpaired) electrons. The molecule has 1 aliphatic rings. The van der Waals surface area contributed by atoms with Crippen molar-refractivity contribution in [2.75, 3.05) is 29.9 Å². The molecule has 0 aromatic heterocycles. The van der Waals surface area contributed by atoms with Crippen molar-refractivity contribution in [3.05, 3.63) is 24.3 Å². The first kappa shape index (κ1) is 17.0. The first-order chi connectivity index (χ1) is 10.3. The lowest BCUT2D eigenvalue weighted by molar-refractivity contribution is -0.274. The van der Waals surface area contributed by atoms with E-state index in [1.54, 1.807) is 0 Å². The highest BCUT2D eigenvalue weighted by molar-refractivity contribution is 7.99. The molecule has 0 spiro atoms. The van der Waals surface area contributed by atoms with Crippen LogP contribution in [0.4, 0.5) is 18.9 Å². The highest BCUT2D eigenvalue weighted by Gasteiger charge is 2.31. The Hall–Kier alpha value is -1.41. The second-order valence-electron chi connectivity index (χ2n) is 4.89. The number of thioether (sulfide) groups is 1. The summed E-state index contributed by atoms with van der Waals surface area (Å²) in [5.41, 5.74) is 0.442. The maximum atomic E-state index is 12.2. The van der Waals surface area contributed by atoms with Gasteiger partial charge in [0.25, 0.3) is 0 Å². The maximum Gasteiger partial charge on any atom is 0.573 e. The molecule has 0 bridgehead atoms. The second-order valence-corrected chi connectivity index (χ2v) is 6.11. The predicted molar refractivity (Wildman–Crippen MR) is 80.1 cm³/mol. The Morgan fingerprint density at radius 3 is 2.41 bits per heavy atom. The van der Waals surface area contributed by atoms with E-state index in [4.69, 9.17) is 0 Å². The van der Waals surface area contributed by atoms with Crippen LogP contribution < -0.4 is 10.1 Å². The van der Waals surface area contributed by atoms with Crippen molar-refractivity contribution in [1.29, 1.82) is 0 Å².